The van der Waals surface area contributed by atoms with Gasteiger partial charge in [0.05, 0.1) is 16.6 Å². The Bertz CT molecular complexity index is 1160. The van der Waals surface area contributed by atoms with Gasteiger partial charge in [-0.1, -0.05) is 29.8 Å². The summed E-state index contributed by atoms with van der Waals surface area (Å²) >= 11 is 6.17. The predicted molar refractivity (Wildman–Crippen MR) is 105 cm³/mol. The number of benzene rings is 2. The normalized spacial score (nSPS) is 15.3. The Morgan fingerprint density at radius 3 is 2.85 bits per heavy atom. The second kappa shape index (κ2) is 5.58. The molecule has 0 bridgehead atoms. The number of rotatable bonds is 3. The summed E-state index contributed by atoms with van der Waals surface area (Å²) in [4.78, 5) is 20.9. The van der Waals surface area contributed by atoms with E-state index >= 15 is 0 Å². The number of amides is 1. The Morgan fingerprint density at radius 2 is 2.00 bits per heavy atom. The molecule has 0 radical (unpaired) electrons. The number of aromatic amines is 1. The van der Waals surface area contributed by atoms with Crippen molar-refractivity contribution >= 4 is 45.0 Å². The molecular formula is C21H16ClN3O. The van der Waals surface area contributed by atoms with Gasteiger partial charge in [0.2, 0.25) is 5.91 Å². The van der Waals surface area contributed by atoms with E-state index in [1.807, 2.05) is 54.7 Å². The van der Waals surface area contributed by atoms with E-state index in [0.717, 1.165) is 45.9 Å². The smallest absolute Gasteiger partial charge is 0.235 e. The monoisotopic (exact) mass is 361 g/mol. The van der Waals surface area contributed by atoms with E-state index in [9.17, 15) is 4.79 Å². The largest absolute Gasteiger partial charge is 0.361 e. The number of carbonyl (C=O) groups is 1. The summed E-state index contributed by atoms with van der Waals surface area (Å²) in [6.07, 6.45) is 5.34. The fourth-order valence-corrected chi connectivity index (χ4v) is 3.85. The fraction of sp³-hybridized carbons (Fsp3) is 0.143. The SMILES string of the molecule is O=C(Nc1cccc2cccnc12)C1(c2c[nH]c3ccc(Cl)cc23)CC1. The number of nitrogens with zero attached hydrogens (tertiary/aromatic N) is 1. The van der Waals surface area contributed by atoms with E-state index in [-0.39, 0.29) is 5.91 Å². The standard InChI is InChI=1S/C21H16ClN3O/c22-14-6-7-17-15(11-14)16(12-24-17)21(8-9-21)20(26)25-18-5-1-3-13-4-2-10-23-19(13)18/h1-7,10-12,24H,8-9H2,(H,25,26). The molecule has 2 aromatic carbocycles. The van der Waals surface area contributed by atoms with Crippen LogP contribution in [-0.4, -0.2) is 15.9 Å². The Labute approximate surface area is 155 Å². The Balaban J connectivity index is 1.54. The highest BCUT2D eigenvalue weighted by atomic mass is 35.5. The van der Waals surface area contributed by atoms with Crippen LogP contribution in [0.1, 0.15) is 18.4 Å². The molecule has 0 atom stereocenters. The molecule has 4 aromatic rings. The molecule has 1 aliphatic rings. The second-order valence-corrected chi connectivity index (χ2v) is 7.25. The fourth-order valence-electron chi connectivity index (χ4n) is 3.68. The molecule has 1 saturated carbocycles. The molecule has 1 amide bonds. The Morgan fingerprint density at radius 1 is 1.15 bits per heavy atom. The average Bonchev–Trinajstić information content (AvgIpc) is 3.36. The molecule has 2 aromatic heterocycles. The van der Waals surface area contributed by atoms with Gasteiger partial charge in [-0.25, -0.2) is 0 Å². The van der Waals surface area contributed by atoms with Gasteiger partial charge in [-0.2, -0.15) is 0 Å². The van der Waals surface area contributed by atoms with Crippen LogP contribution in [0.5, 0.6) is 0 Å². The third-order valence-corrected chi connectivity index (χ3v) is 5.46. The molecule has 5 heteroatoms. The van der Waals surface area contributed by atoms with Gasteiger partial charge in [0.1, 0.15) is 0 Å². The molecule has 128 valence electrons. The molecule has 2 N–H and O–H groups in total. The quantitative estimate of drug-likeness (QED) is 0.537. The third kappa shape index (κ3) is 2.30. The van der Waals surface area contributed by atoms with Crippen molar-refractivity contribution in [1.82, 2.24) is 9.97 Å². The van der Waals surface area contributed by atoms with Crippen molar-refractivity contribution in [1.29, 1.82) is 0 Å². The van der Waals surface area contributed by atoms with Gasteiger partial charge in [0, 0.05) is 33.7 Å². The van der Waals surface area contributed by atoms with E-state index in [2.05, 4.69) is 15.3 Å². The van der Waals surface area contributed by atoms with Crippen molar-refractivity contribution in [2.45, 2.75) is 18.3 Å². The van der Waals surface area contributed by atoms with Crippen LogP contribution in [0, 0.1) is 0 Å². The van der Waals surface area contributed by atoms with E-state index in [1.54, 1.807) is 6.20 Å². The number of H-pyrrole nitrogens is 1. The lowest BCUT2D eigenvalue weighted by atomic mass is 9.94. The van der Waals surface area contributed by atoms with Crippen LogP contribution in [0.3, 0.4) is 0 Å². The topological polar surface area (TPSA) is 57.8 Å². The molecule has 0 spiro atoms. The molecule has 4 nitrogen and oxygen atoms in total. The van der Waals surface area contributed by atoms with E-state index < -0.39 is 5.41 Å². The zero-order valence-electron chi connectivity index (χ0n) is 13.9. The van der Waals surface area contributed by atoms with Crippen molar-refractivity contribution < 1.29 is 4.79 Å². The zero-order chi connectivity index (χ0) is 17.7. The van der Waals surface area contributed by atoms with Crippen molar-refractivity contribution in [2.75, 3.05) is 5.32 Å². The molecule has 5 rings (SSSR count). The van der Waals surface area contributed by atoms with Gasteiger partial charge in [-0.15, -0.1) is 0 Å². The molecular weight excluding hydrogens is 346 g/mol. The van der Waals surface area contributed by atoms with Crippen LogP contribution in [0.4, 0.5) is 5.69 Å². The first kappa shape index (κ1) is 15.4. The Hall–Kier alpha value is -2.85. The maximum atomic E-state index is 13.2. The minimum absolute atomic E-state index is 0.0107. The average molecular weight is 362 g/mol. The number of hydrogen-bond acceptors (Lipinski definition) is 2. The molecule has 0 saturated heterocycles. The minimum atomic E-state index is -0.500. The molecule has 26 heavy (non-hydrogen) atoms. The molecule has 0 unspecified atom stereocenters. The number of pyridine rings is 1. The van der Waals surface area contributed by atoms with Gasteiger partial charge in [0.25, 0.3) is 0 Å². The number of anilines is 1. The highest BCUT2D eigenvalue weighted by molar-refractivity contribution is 6.31. The van der Waals surface area contributed by atoms with Crippen LogP contribution in [-0.2, 0) is 10.2 Å². The van der Waals surface area contributed by atoms with Crippen LogP contribution in [0.15, 0.2) is 60.9 Å². The van der Waals surface area contributed by atoms with Crippen LogP contribution < -0.4 is 5.32 Å². The van der Waals surface area contributed by atoms with E-state index in [1.165, 1.54) is 0 Å². The minimum Gasteiger partial charge on any atom is -0.361 e. The third-order valence-electron chi connectivity index (χ3n) is 5.22. The summed E-state index contributed by atoms with van der Waals surface area (Å²) < 4.78 is 0. The first-order valence-corrected chi connectivity index (χ1v) is 8.97. The van der Waals surface area contributed by atoms with Crippen molar-refractivity contribution in [3.63, 3.8) is 0 Å². The van der Waals surface area contributed by atoms with Gasteiger partial charge in [-0.05, 0) is 48.7 Å². The number of nitrogens with one attached hydrogen (secondary N) is 2. The number of para-hydroxylation sites is 1. The number of aromatic nitrogens is 2. The van der Waals surface area contributed by atoms with Gasteiger partial charge in [0.15, 0.2) is 0 Å². The van der Waals surface area contributed by atoms with E-state index in [4.69, 9.17) is 11.6 Å². The van der Waals surface area contributed by atoms with Crippen molar-refractivity contribution in [3.05, 3.63) is 71.5 Å². The number of hydrogen-bond donors (Lipinski definition) is 2. The zero-order valence-corrected chi connectivity index (χ0v) is 14.7. The molecule has 1 fully saturated rings. The van der Waals surface area contributed by atoms with E-state index in [0.29, 0.717) is 5.02 Å². The van der Waals surface area contributed by atoms with Crippen molar-refractivity contribution in [3.8, 4) is 0 Å². The highest BCUT2D eigenvalue weighted by Gasteiger charge is 2.52. The van der Waals surface area contributed by atoms with Gasteiger partial charge in [-0.3, -0.25) is 9.78 Å². The van der Waals surface area contributed by atoms with Gasteiger partial charge < -0.3 is 10.3 Å². The summed E-state index contributed by atoms with van der Waals surface area (Å²) in [6.45, 7) is 0. The summed E-state index contributed by atoms with van der Waals surface area (Å²) in [7, 11) is 0. The summed E-state index contributed by atoms with van der Waals surface area (Å²) in [6, 6.07) is 15.4. The maximum absolute atomic E-state index is 13.2. The number of halogens is 1. The second-order valence-electron chi connectivity index (χ2n) is 6.81. The molecule has 2 heterocycles. The van der Waals surface area contributed by atoms with Crippen LogP contribution >= 0.6 is 11.6 Å². The maximum Gasteiger partial charge on any atom is 0.235 e. The van der Waals surface area contributed by atoms with Gasteiger partial charge >= 0.3 is 0 Å². The highest BCUT2D eigenvalue weighted by Crippen LogP contribution is 2.51. The summed E-state index contributed by atoms with van der Waals surface area (Å²) in [5, 5.41) is 5.80. The lowest BCUT2D eigenvalue weighted by Crippen LogP contribution is -2.27. The first-order chi connectivity index (χ1) is 12.7. The predicted octanol–water partition coefficient (Wildman–Crippen LogP) is 5.04. The summed E-state index contributed by atoms with van der Waals surface area (Å²) in [5.74, 6) is 0.0107. The van der Waals surface area contributed by atoms with Crippen LogP contribution in [0.2, 0.25) is 5.02 Å². The Kier molecular flexibility index (Phi) is 3.31. The molecule has 0 aliphatic heterocycles. The molecule has 1 aliphatic carbocycles. The number of fused-ring (bicyclic) bond motifs is 2. The lowest BCUT2D eigenvalue weighted by molar-refractivity contribution is -0.118. The van der Waals surface area contributed by atoms with Crippen LogP contribution in [0.25, 0.3) is 21.8 Å². The summed E-state index contributed by atoms with van der Waals surface area (Å²) in [5.41, 5.74) is 3.06. The number of carbonyl (C=O) groups excluding carboxylic acids is 1. The first-order valence-electron chi connectivity index (χ1n) is 8.60. The van der Waals surface area contributed by atoms with Crippen molar-refractivity contribution in [2.24, 2.45) is 0 Å². The lowest BCUT2D eigenvalue weighted by Gasteiger charge is -2.16.